The molecule has 0 aliphatic carbocycles. The number of hydrogen-bond acceptors (Lipinski definition) is 3. The van der Waals surface area contributed by atoms with Gasteiger partial charge in [-0.2, -0.15) is 0 Å². The van der Waals surface area contributed by atoms with Crippen molar-refractivity contribution in [3.63, 3.8) is 0 Å². The summed E-state index contributed by atoms with van der Waals surface area (Å²) >= 11 is 0. The Morgan fingerprint density at radius 1 is 1.26 bits per heavy atom. The van der Waals surface area contributed by atoms with Gasteiger partial charge in [-0.05, 0) is 25.6 Å². The number of carbonyl (C=O) groups excluding carboxylic acids is 1. The summed E-state index contributed by atoms with van der Waals surface area (Å²) in [5.74, 6) is -0.235. The molecule has 0 spiro atoms. The van der Waals surface area contributed by atoms with Crippen LogP contribution in [-0.2, 0) is 17.1 Å². The fourth-order valence-electron chi connectivity index (χ4n) is 2.32. The first-order chi connectivity index (χ1) is 10.8. The van der Waals surface area contributed by atoms with Gasteiger partial charge in [0.25, 0.3) is 5.91 Å². The predicted molar refractivity (Wildman–Crippen MR) is 88.6 cm³/mol. The van der Waals surface area contributed by atoms with Crippen molar-refractivity contribution in [3.8, 4) is 0 Å². The normalized spacial score (nSPS) is 12.9. The number of hydrogen-bond donors (Lipinski definition) is 1. The largest absolute Gasteiger partial charge is 0.345 e. The SMILES string of the molecule is CNS(=O)(=O)c1cc(C(=O)N(C)[C@@H](C)c2ccccc2)n(C)c1. The summed E-state index contributed by atoms with van der Waals surface area (Å²) in [4.78, 5) is 14.4. The van der Waals surface area contributed by atoms with Crippen molar-refractivity contribution in [1.29, 1.82) is 0 Å². The maximum atomic E-state index is 12.7. The zero-order valence-corrected chi connectivity index (χ0v) is 14.5. The summed E-state index contributed by atoms with van der Waals surface area (Å²) in [6.45, 7) is 1.93. The fourth-order valence-corrected chi connectivity index (χ4v) is 3.12. The predicted octanol–water partition coefficient (Wildman–Crippen LogP) is 1.77. The molecule has 1 aromatic carbocycles. The van der Waals surface area contributed by atoms with E-state index in [0.29, 0.717) is 5.69 Å². The Morgan fingerprint density at radius 3 is 2.43 bits per heavy atom. The Bertz CT molecular complexity index is 797. The molecule has 7 heteroatoms. The zero-order chi connectivity index (χ0) is 17.2. The molecule has 0 saturated heterocycles. The topological polar surface area (TPSA) is 71.4 Å². The second-order valence-corrected chi connectivity index (χ2v) is 7.27. The minimum atomic E-state index is -3.57. The third-order valence-corrected chi connectivity index (χ3v) is 5.34. The summed E-state index contributed by atoms with van der Waals surface area (Å²) in [5.41, 5.74) is 1.34. The van der Waals surface area contributed by atoms with Crippen LogP contribution >= 0.6 is 0 Å². The fraction of sp³-hybridized carbons (Fsp3) is 0.312. The van der Waals surface area contributed by atoms with Gasteiger partial charge in [-0.15, -0.1) is 0 Å². The van der Waals surface area contributed by atoms with Crippen LogP contribution in [-0.4, -0.2) is 37.9 Å². The van der Waals surface area contributed by atoms with Crippen LogP contribution in [0.1, 0.15) is 29.0 Å². The number of carbonyl (C=O) groups is 1. The highest BCUT2D eigenvalue weighted by atomic mass is 32.2. The summed E-state index contributed by atoms with van der Waals surface area (Å²) < 4.78 is 27.5. The van der Waals surface area contributed by atoms with Crippen LogP contribution in [0.5, 0.6) is 0 Å². The van der Waals surface area contributed by atoms with Gasteiger partial charge in [0.2, 0.25) is 10.0 Å². The van der Waals surface area contributed by atoms with Crippen LogP contribution in [0.25, 0.3) is 0 Å². The molecule has 2 aromatic rings. The number of aromatic nitrogens is 1. The second kappa shape index (κ2) is 6.55. The smallest absolute Gasteiger partial charge is 0.270 e. The number of sulfonamides is 1. The van der Waals surface area contributed by atoms with Crippen molar-refractivity contribution in [3.05, 3.63) is 53.9 Å². The average Bonchev–Trinajstić information content (AvgIpc) is 2.96. The molecule has 1 heterocycles. The minimum Gasteiger partial charge on any atom is -0.345 e. The van der Waals surface area contributed by atoms with E-state index in [1.807, 2.05) is 37.3 Å². The molecule has 0 fully saturated rings. The lowest BCUT2D eigenvalue weighted by molar-refractivity contribution is 0.0733. The maximum Gasteiger partial charge on any atom is 0.270 e. The first kappa shape index (κ1) is 17.2. The minimum absolute atomic E-state index is 0.0756. The van der Waals surface area contributed by atoms with Gasteiger partial charge in [0.1, 0.15) is 10.6 Å². The molecule has 2 rings (SSSR count). The summed E-state index contributed by atoms with van der Waals surface area (Å²) in [6, 6.07) is 10.9. The van der Waals surface area contributed by atoms with E-state index in [1.54, 1.807) is 19.0 Å². The standard InChI is InChI=1S/C16H21N3O3S/c1-12(13-8-6-5-7-9-13)19(4)16(20)15-10-14(11-18(15)3)23(21,22)17-2/h5-12,17H,1-4H3/t12-/m0/s1. The number of rotatable bonds is 5. The molecule has 0 aliphatic heterocycles. The lowest BCUT2D eigenvalue weighted by atomic mass is 10.1. The van der Waals surface area contributed by atoms with Gasteiger partial charge >= 0.3 is 0 Å². The van der Waals surface area contributed by atoms with Crippen molar-refractivity contribution in [1.82, 2.24) is 14.2 Å². The lowest BCUT2D eigenvalue weighted by Gasteiger charge is -2.25. The molecule has 1 atom stereocenters. The van der Waals surface area contributed by atoms with E-state index in [-0.39, 0.29) is 16.8 Å². The highest BCUT2D eigenvalue weighted by Gasteiger charge is 2.24. The molecule has 0 saturated carbocycles. The summed E-state index contributed by atoms with van der Waals surface area (Å²) in [7, 11) is 1.13. The number of aryl methyl sites for hydroxylation is 1. The molecule has 1 N–H and O–H groups in total. The molecule has 23 heavy (non-hydrogen) atoms. The molecule has 0 aliphatic rings. The van der Waals surface area contributed by atoms with Crippen molar-refractivity contribution >= 4 is 15.9 Å². The Kier molecular flexibility index (Phi) is 4.91. The second-order valence-electron chi connectivity index (χ2n) is 5.38. The molecule has 124 valence electrons. The van der Waals surface area contributed by atoms with Gasteiger partial charge in [-0.1, -0.05) is 30.3 Å². The van der Waals surface area contributed by atoms with Crippen LogP contribution in [0.4, 0.5) is 0 Å². The van der Waals surface area contributed by atoms with Gasteiger partial charge in [-0.25, -0.2) is 13.1 Å². The summed E-state index contributed by atoms with van der Waals surface area (Å²) in [6.07, 6.45) is 1.43. The van der Waals surface area contributed by atoms with Gasteiger partial charge in [0, 0.05) is 20.3 Å². The molecule has 0 bridgehead atoms. The maximum absolute atomic E-state index is 12.7. The number of benzene rings is 1. The molecule has 0 unspecified atom stereocenters. The first-order valence-electron chi connectivity index (χ1n) is 7.20. The Morgan fingerprint density at radius 2 is 1.87 bits per heavy atom. The van der Waals surface area contributed by atoms with E-state index in [9.17, 15) is 13.2 Å². The van der Waals surface area contributed by atoms with E-state index in [0.717, 1.165) is 5.56 Å². The van der Waals surface area contributed by atoms with Crippen molar-refractivity contribution < 1.29 is 13.2 Å². The Hall–Kier alpha value is -2.12. The number of nitrogens with one attached hydrogen (secondary N) is 1. The Labute approximate surface area is 136 Å². The average molecular weight is 335 g/mol. The van der Waals surface area contributed by atoms with E-state index < -0.39 is 10.0 Å². The van der Waals surface area contributed by atoms with Crippen molar-refractivity contribution in [2.75, 3.05) is 14.1 Å². The molecular formula is C16H21N3O3S. The molecule has 0 radical (unpaired) electrons. The molecule has 6 nitrogen and oxygen atoms in total. The third-order valence-electron chi connectivity index (χ3n) is 3.96. The van der Waals surface area contributed by atoms with Crippen LogP contribution in [0.15, 0.2) is 47.5 Å². The van der Waals surface area contributed by atoms with E-state index in [2.05, 4.69) is 4.72 Å². The highest BCUT2D eigenvalue weighted by Crippen LogP contribution is 2.22. The number of amides is 1. The van der Waals surface area contributed by atoms with Crippen LogP contribution in [0.3, 0.4) is 0 Å². The monoisotopic (exact) mass is 335 g/mol. The van der Waals surface area contributed by atoms with Gasteiger partial charge in [0.15, 0.2) is 0 Å². The van der Waals surface area contributed by atoms with E-state index >= 15 is 0 Å². The quantitative estimate of drug-likeness (QED) is 0.905. The third kappa shape index (κ3) is 3.46. The molecular weight excluding hydrogens is 314 g/mol. The molecule has 1 aromatic heterocycles. The van der Waals surface area contributed by atoms with Crippen molar-refractivity contribution in [2.24, 2.45) is 7.05 Å². The van der Waals surface area contributed by atoms with Crippen LogP contribution < -0.4 is 4.72 Å². The molecule has 1 amide bonds. The van der Waals surface area contributed by atoms with Gasteiger partial charge in [0.05, 0.1) is 6.04 Å². The summed E-state index contributed by atoms with van der Waals surface area (Å²) in [5, 5.41) is 0. The zero-order valence-electron chi connectivity index (χ0n) is 13.6. The van der Waals surface area contributed by atoms with Gasteiger partial charge in [-0.3, -0.25) is 4.79 Å². The highest BCUT2D eigenvalue weighted by molar-refractivity contribution is 7.89. The van der Waals surface area contributed by atoms with E-state index in [1.165, 1.54) is 23.9 Å². The van der Waals surface area contributed by atoms with Gasteiger partial charge < -0.3 is 9.47 Å². The van der Waals surface area contributed by atoms with Crippen LogP contribution in [0.2, 0.25) is 0 Å². The lowest BCUT2D eigenvalue weighted by Crippen LogP contribution is -2.30. The van der Waals surface area contributed by atoms with Crippen LogP contribution in [0, 0.1) is 0 Å². The van der Waals surface area contributed by atoms with E-state index in [4.69, 9.17) is 0 Å². The van der Waals surface area contributed by atoms with Crippen molar-refractivity contribution in [2.45, 2.75) is 17.9 Å². The first-order valence-corrected chi connectivity index (χ1v) is 8.68. The number of nitrogens with zero attached hydrogens (tertiary/aromatic N) is 2. The Balaban J connectivity index is 2.30.